The fourth-order valence-corrected chi connectivity index (χ4v) is 2.68. The SMILES string of the molecule is CCCN(CCC)C(C)(Cc1ccccc1Cl)C(=O)O. The Bertz CT molecular complexity index is 444. The third-order valence-electron chi connectivity index (χ3n) is 3.64. The van der Waals surface area contributed by atoms with Crippen LogP contribution in [0.3, 0.4) is 0 Å². The maximum absolute atomic E-state index is 11.8. The first-order valence-electron chi connectivity index (χ1n) is 7.17. The van der Waals surface area contributed by atoms with Crippen LogP contribution in [0.5, 0.6) is 0 Å². The standard InChI is InChI=1S/C16H24ClNO2/c1-4-10-18(11-5-2)16(3,15(19)20)12-13-8-6-7-9-14(13)17/h6-9H,4-5,10-12H2,1-3H3,(H,19,20). The molecule has 4 heteroatoms. The molecule has 1 N–H and O–H groups in total. The Kier molecular flexibility index (Phi) is 6.50. The molecule has 0 aliphatic rings. The van der Waals surface area contributed by atoms with E-state index in [0.717, 1.165) is 31.5 Å². The maximum Gasteiger partial charge on any atom is 0.324 e. The van der Waals surface area contributed by atoms with Crippen molar-refractivity contribution in [2.75, 3.05) is 13.1 Å². The van der Waals surface area contributed by atoms with E-state index in [1.807, 2.05) is 24.3 Å². The van der Waals surface area contributed by atoms with E-state index in [-0.39, 0.29) is 0 Å². The highest BCUT2D eigenvalue weighted by Crippen LogP contribution is 2.26. The summed E-state index contributed by atoms with van der Waals surface area (Å²) in [5.41, 5.74) is -0.0342. The minimum absolute atomic E-state index is 0.419. The van der Waals surface area contributed by atoms with E-state index in [1.54, 1.807) is 6.92 Å². The van der Waals surface area contributed by atoms with Crippen molar-refractivity contribution in [3.8, 4) is 0 Å². The lowest BCUT2D eigenvalue weighted by Crippen LogP contribution is -2.54. The zero-order valence-electron chi connectivity index (χ0n) is 12.5. The number of carboxylic acid groups (broad SMARTS) is 1. The van der Waals surface area contributed by atoms with Crippen molar-refractivity contribution in [3.05, 3.63) is 34.9 Å². The molecule has 0 heterocycles. The summed E-state index contributed by atoms with van der Waals surface area (Å²) >= 11 is 6.18. The average molecular weight is 298 g/mol. The molecule has 0 amide bonds. The minimum Gasteiger partial charge on any atom is -0.480 e. The molecule has 0 spiro atoms. The number of aliphatic carboxylic acids is 1. The molecule has 0 aromatic heterocycles. The Hall–Kier alpha value is -1.06. The van der Waals surface area contributed by atoms with E-state index in [0.29, 0.717) is 11.4 Å². The third-order valence-corrected chi connectivity index (χ3v) is 4.01. The maximum atomic E-state index is 11.8. The molecule has 0 bridgehead atoms. The quantitative estimate of drug-likeness (QED) is 0.792. The van der Waals surface area contributed by atoms with Gasteiger partial charge in [-0.2, -0.15) is 0 Å². The van der Waals surface area contributed by atoms with E-state index in [9.17, 15) is 9.90 Å². The highest BCUT2D eigenvalue weighted by molar-refractivity contribution is 6.31. The van der Waals surface area contributed by atoms with Gasteiger partial charge < -0.3 is 5.11 Å². The highest BCUT2D eigenvalue weighted by atomic mass is 35.5. The Morgan fingerprint density at radius 1 is 1.25 bits per heavy atom. The van der Waals surface area contributed by atoms with Gasteiger partial charge >= 0.3 is 5.97 Å². The molecule has 1 aromatic rings. The Labute approximate surface area is 126 Å². The molecule has 0 radical (unpaired) electrons. The Morgan fingerprint density at radius 2 is 1.80 bits per heavy atom. The van der Waals surface area contributed by atoms with Gasteiger partial charge in [-0.15, -0.1) is 0 Å². The molecule has 20 heavy (non-hydrogen) atoms. The van der Waals surface area contributed by atoms with E-state index in [4.69, 9.17) is 11.6 Å². The van der Waals surface area contributed by atoms with Gasteiger partial charge in [0, 0.05) is 11.4 Å². The van der Waals surface area contributed by atoms with Gasteiger partial charge in [-0.05, 0) is 44.5 Å². The topological polar surface area (TPSA) is 40.5 Å². The molecule has 0 fully saturated rings. The summed E-state index contributed by atoms with van der Waals surface area (Å²) in [5.74, 6) is -0.792. The van der Waals surface area contributed by atoms with Crippen LogP contribution in [0.4, 0.5) is 0 Å². The Balaban J connectivity index is 3.07. The number of nitrogens with zero attached hydrogens (tertiary/aromatic N) is 1. The minimum atomic E-state index is -0.920. The molecular weight excluding hydrogens is 274 g/mol. The molecule has 1 rings (SSSR count). The van der Waals surface area contributed by atoms with Crippen molar-refractivity contribution in [1.29, 1.82) is 0 Å². The van der Waals surface area contributed by atoms with Gasteiger partial charge in [0.15, 0.2) is 0 Å². The second kappa shape index (κ2) is 7.65. The Morgan fingerprint density at radius 3 is 2.25 bits per heavy atom. The second-order valence-electron chi connectivity index (χ2n) is 5.33. The predicted molar refractivity (Wildman–Crippen MR) is 83.4 cm³/mol. The molecule has 1 unspecified atom stereocenters. The zero-order chi connectivity index (χ0) is 15.2. The van der Waals surface area contributed by atoms with Crippen LogP contribution >= 0.6 is 11.6 Å². The number of carboxylic acids is 1. The molecule has 3 nitrogen and oxygen atoms in total. The van der Waals surface area contributed by atoms with Crippen LogP contribution in [-0.4, -0.2) is 34.6 Å². The van der Waals surface area contributed by atoms with Gasteiger partial charge in [0.05, 0.1) is 0 Å². The van der Waals surface area contributed by atoms with E-state index >= 15 is 0 Å². The van der Waals surface area contributed by atoms with E-state index < -0.39 is 11.5 Å². The van der Waals surface area contributed by atoms with Crippen LogP contribution in [0.1, 0.15) is 39.2 Å². The van der Waals surface area contributed by atoms with Gasteiger partial charge in [-0.3, -0.25) is 9.69 Å². The van der Waals surface area contributed by atoms with Crippen LogP contribution in [0, 0.1) is 0 Å². The lowest BCUT2D eigenvalue weighted by Gasteiger charge is -2.38. The van der Waals surface area contributed by atoms with Gasteiger partial charge in [0.1, 0.15) is 5.54 Å². The van der Waals surface area contributed by atoms with Crippen molar-refractivity contribution in [3.63, 3.8) is 0 Å². The van der Waals surface area contributed by atoms with Crippen molar-refractivity contribution in [1.82, 2.24) is 4.90 Å². The number of halogens is 1. The fourth-order valence-electron chi connectivity index (χ4n) is 2.48. The molecule has 1 aromatic carbocycles. The van der Waals surface area contributed by atoms with Gasteiger partial charge in [-0.25, -0.2) is 0 Å². The summed E-state index contributed by atoms with van der Waals surface area (Å²) in [6.45, 7) is 7.49. The molecule has 0 aliphatic carbocycles. The van der Waals surface area contributed by atoms with Crippen LogP contribution in [0.15, 0.2) is 24.3 Å². The summed E-state index contributed by atoms with van der Waals surface area (Å²) in [6.07, 6.45) is 2.29. The second-order valence-corrected chi connectivity index (χ2v) is 5.74. The van der Waals surface area contributed by atoms with Crippen molar-refractivity contribution in [2.24, 2.45) is 0 Å². The fraction of sp³-hybridized carbons (Fsp3) is 0.562. The van der Waals surface area contributed by atoms with Crippen LogP contribution in [-0.2, 0) is 11.2 Å². The summed E-state index contributed by atoms with van der Waals surface area (Å²) in [7, 11) is 0. The molecule has 112 valence electrons. The first-order valence-corrected chi connectivity index (χ1v) is 7.55. The summed E-state index contributed by atoms with van der Waals surface area (Å²) < 4.78 is 0. The van der Waals surface area contributed by atoms with E-state index in [1.165, 1.54) is 0 Å². The first-order chi connectivity index (χ1) is 9.45. The molecule has 0 saturated carbocycles. The number of benzene rings is 1. The molecule has 1 atom stereocenters. The number of hydrogen-bond acceptors (Lipinski definition) is 2. The third kappa shape index (κ3) is 3.97. The highest BCUT2D eigenvalue weighted by Gasteiger charge is 2.39. The predicted octanol–water partition coefficient (Wildman–Crippen LogP) is 3.85. The van der Waals surface area contributed by atoms with Crippen molar-refractivity contribution in [2.45, 2.75) is 45.6 Å². The molecule has 0 aliphatic heterocycles. The average Bonchev–Trinajstić information content (AvgIpc) is 2.41. The summed E-state index contributed by atoms with van der Waals surface area (Å²) in [5, 5.41) is 10.4. The lowest BCUT2D eigenvalue weighted by molar-refractivity contribution is -0.150. The van der Waals surface area contributed by atoms with E-state index in [2.05, 4.69) is 18.7 Å². The van der Waals surface area contributed by atoms with Gasteiger partial charge in [0.2, 0.25) is 0 Å². The van der Waals surface area contributed by atoms with Gasteiger partial charge in [-0.1, -0.05) is 43.6 Å². The number of hydrogen-bond donors (Lipinski definition) is 1. The van der Waals surface area contributed by atoms with Crippen molar-refractivity contribution < 1.29 is 9.90 Å². The molecule has 0 saturated heterocycles. The summed E-state index contributed by atoms with van der Waals surface area (Å²) in [6, 6.07) is 7.47. The lowest BCUT2D eigenvalue weighted by atomic mass is 9.90. The molecular formula is C16H24ClNO2. The van der Waals surface area contributed by atoms with Gasteiger partial charge in [0.25, 0.3) is 0 Å². The zero-order valence-corrected chi connectivity index (χ0v) is 13.3. The number of rotatable bonds is 8. The summed E-state index contributed by atoms with van der Waals surface area (Å²) in [4.78, 5) is 13.9. The monoisotopic (exact) mass is 297 g/mol. The van der Waals surface area contributed by atoms with Crippen molar-refractivity contribution >= 4 is 17.6 Å². The largest absolute Gasteiger partial charge is 0.480 e. The van der Waals surface area contributed by atoms with Crippen LogP contribution in [0.2, 0.25) is 5.02 Å². The normalized spacial score (nSPS) is 14.2. The number of carbonyl (C=O) groups is 1. The smallest absolute Gasteiger partial charge is 0.324 e. The first kappa shape index (κ1) is 17.0. The van der Waals surface area contributed by atoms with Crippen LogP contribution in [0.25, 0.3) is 0 Å². The van der Waals surface area contributed by atoms with Crippen LogP contribution < -0.4 is 0 Å².